The highest BCUT2D eigenvalue weighted by Gasteiger charge is 2.10. The number of carbonyl (C=O) groups is 1. The van der Waals surface area contributed by atoms with Crippen LogP contribution in [-0.4, -0.2) is 25.8 Å². The minimum atomic E-state index is -3.20. The molecule has 0 aliphatic carbocycles. The quantitative estimate of drug-likeness (QED) is 0.432. The summed E-state index contributed by atoms with van der Waals surface area (Å²) in [4.78, 5) is 10.3. The smallest absolute Gasteiger partial charge is 0.210 e. The molecule has 0 saturated heterocycles. The molecule has 0 saturated carbocycles. The Kier molecular flexibility index (Phi) is 3.99. The number of rotatable bonds is 3. The van der Waals surface area contributed by atoms with Gasteiger partial charge < -0.3 is 0 Å². The first-order valence-corrected chi connectivity index (χ1v) is 6.68. The lowest BCUT2D eigenvalue weighted by Gasteiger charge is -1.88. The van der Waals surface area contributed by atoms with Gasteiger partial charge in [-0.15, -0.1) is 11.6 Å². The third kappa shape index (κ3) is 6.53. The monoisotopic (exact) mass is 282 g/mol. The average molecular weight is 282 g/mol. The zero-order valence-corrected chi connectivity index (χ0v) is 8.03. The lowest BCUT2D eigenvalue weighted by Crippen LogP contribution is -2.11. The molecule has 0 unspecified atom stereocenters. The summed E-state index contributed by atoms with van der Waals surface area (Å²) in [7, 11) is -3.20. The summed E-state index contributed by atoms with van der Waals surface area (Å²) in [5.41, 5.74) is 0. The molecule has 0 amide bonds. The van der Waals surface area contributed by atoms with Crippen LogP contribution in [0.15, 0.2) is 0 Å². The van der Waals surface area contributed by atoms with E-state index in [1.165, 1.54) is 21.2 Å². The van der Waals surface area contributed by atoms with E-state index in [2.05, 4.69) is 0 Å². The summed E-state index contributed by atoms with van der Waals surface area (Å²) < 4.78 is 20.6. The van der Waals surface area contributed by atoms with E-state index in [9.17, 15) is 13.2 Å². The van der Waals surface area contributed by atoms with Crippen LogP contribution < -0.4 is 0 Å². The molecule has 0 aromatic heterocycles. The maximum absolute atomic E-state index is 10.3. The maximum atomic E-state index is 10.3. The van der Waals surface area contributed by atoms with Gasteiger partial charge >= 0.3 is 0 Å². The Hall–Kier alpha value is 0.640. The van der Waals surface area contributed by atoms with E-state index in [4.69, 9.17) is 11.6 Å². The molecule has 0 spiro atoms. The van der Waals surface area contributed by atoms with Crippen molar-refractivity contribution in [3.63, 3.8) is 0 Å². The van der Waals surface area contributed by atoms with Gasteiger partial charge in [0.05, 0.1) is 27.1 Å². The van der Waals surface area contributed by atoms with E-state index >= 15 is 0 Å². The van der Waals surface area contributed by atoms with Crippen LogP contribution in [0.5, 0.6) is 0 Å². The van der Waals surface area contributed by atoms with E-state index in [0.717, 1.165) is 0 Å². The molecule has 6 heteroatoms. The number of ketones is 1. The first-order chi connectivity index (χ1) is 3.95. The summed E-state index contributed by atoms with van der Waals surface area (Å²) in [6.45, 7) is 0. The van der Waals surface area contributed by atoms with E-state index < -0.39 is 18.5 Å². The Bertz CT molecular complexity index is 197. The largest absolute Gasteiger partial charge is 0.297 e. The summed E-state index contributed by atoms with van der Waals surface area (Å²) in [6.07, 6.45) is 0. The highest BCUT2D eigenvalue weighted by atomic mass is 127. The molecule has 9 heavy (non-hydrogen) atoms. The van der Waals surface area contributed by atoms with Gasteiger partial charge in [-0.3, -0.25) is 4.79 Å². The maximum Gasteiger partial charge on any atom is 0.210 e. The number of alkyl halides is 1. The van der Waals surface area contributed by atoms with Crippen molar-refractivity contribution >= 4 is 45.6 Å². The van der Waals surface area contributed by atoms with Crippen molar-refractivity contribution in [1.82, 2.24) is 0 Å². The molecule has 3 nitrogen and oxygen atoms in total. The van der Waals surface area contributed by atoms with Crippen LogP contribution in [0, 0.1) is 0 Å². The lowest BCUT2D eigenvalue weighted by molar-refractivity contribution is -0.114. The van der Waals surface area contributed by atoms with E-state index in [-0.39, 0.29) is 5.88 Å². The van der Waals surface area contributed by atoms with Crippen molar-refractivity contribution in [2.75, 3.05) is 11.6 Å². The third-order valence-electron chi connectivity index (χ3n) is 0.482. The zero-order valence-electron chi connectivity index (χ0n) is 4.30. The van der Waals surface area contributed by atoms with Gasteiger partial charge in [0, 0.05) is 0 Å². The number of hydrogen-bond acceptors (Lipinski definition) is 3. The first-order valence-electron chi connectivity index (χ1n) is 1.95. The summed E-state index contributed by atoms with van der Waals surface area (Å²) in [6, 6.07) is 0. The van der Waals surface area contributed by atoms with Gasteiger partial charge in [0.2, 0.25) is 7.01 Å². The van der Waals surface area contributed by atoms with E-state index in [1.54, 1.807) is 0 Å². The lowest BCUT2D eigenvalue weighted by atomic mass is 10.5. The molecule has 0 fully saturated rings. The number of halogens is 2. The van der Waals surface area contributed by atoms with Crippen molar-refractivity contribution in [2.24, 2.45) is 0 Å². The van der Waals surface area contributed by atoms with Gasteiger partial charge in [0.25, 0.3) is 0 Å². The molecule has 0 N–H and O–H groups in total. The van der Waals surface area contributed by atoms with Crippen LogP contribution in [0.25, 0.3) is 0 Å². The zero-order chi connectivity index (χ0) is 7.49. The van der Waals surface area contributed by atoms with Gasteiger partial charge in [0.15, 0.2) is 5.78 Å². The molecule has 0 aliphatic heterocycles. The van der Waals surface area contributed by atoms with Crippen molar-refractivity contribution in [2.45, 2.75) is 0 Å². The molecule has 0 rings (SSSR count). The summed E-state index contributed by atoms with van der Waals surface area (Å²) >= 11 is 6.25. The third-order valence-corrected chi connectivity index (χ3v) is 2.38. The molecular weight excluding hydrogens is 278 g/mol. The Morgan fingerprint density at radius 3 is 2.11 bits per heavy atom. The van der Waals surface area contributed by atoms with Crippen LogP contribution in [0.4, 0.5) is 0 Å². The standard InChI is InChI=1S/C3H4ClIO3S/c4-1-3(6)2-9(5,7)8/h1-2H2. The Balaban J connectivity index is 3.91. The number of carbonyl (C=O) groups excluding carboxylic acids is 1. The fourth-order valence-electron chi connectivity index (χ4n) is 0.231. The van der Waals surface area contributed by atoms with Crippen molar-refractivity contribution in [3.8, 4) is 0 Å². The molecule has 0 heterocycles. The normalized spacial score (nSPS) is 11.3. The van der Waals surface area contributed by atoms with Gasteiger partial charge in [0.1, 0.15) is 5.75 Å². The molecule has 0 aromatic rings. The molecule has 0 radical (unpaired) electrons. The molecule has 0 aliphatic rings. The molecule has 0 aromatic carbocycles. The van der Waals surface area contributed by atoms with Gasteiger partial charge in [-0.2, -0.15) is 0 Å². The molecule has 0 bridgehead atoms. The topological polar surface area (TPSA) is 51.2 Å². The molecule has 54 valence electrons. The second kappa shape index (κ2) is 3.72. The average Bonchev–Trinajstić information content (AvgIpc) is 1.62. The van der Waals surface area contributed by atoms with Gasteiger partial charge in [-0.1, -0.05) is 0 Å². The van der Waals surface area contributed by atoms with Crippen LogP contribution in [-0.2, 0) is 11.8 Å². The van der Waals surface area contributed by atoms with Crippen LogP contribution >= 0.6 is 32.8 Å². The predicted octanol–water partition coefficient (Wildman–Crippen LogP) is 0.559. The van der Waals surface area contributed by atoms with E-state index in [1.807, 2.05) is 0 Å². The SMILES string of the molecule is O=C(CCl)CS(=O)(=O)I. The summed E-state index contributed by atoms with van der Waals surface area (Å²) in [5, 5.41) is 0. The van der Waals surface area contributed by atoms with Crippen LogP contribution in [0.3, 0.4) is 0 Å². The Morgan fingerprint density at radius 1 is 1.56 bits per heavy atom. The molecule has 0 atom stereocenters. The van der Waals surface area contributed by atoms with Gasteiger partial charge in [-0.05, 0) is 0 Å². The van der Waals surface area contributed by atoms with Crippen molar-refractivity contribution < 1.29 is 13.2 Å². The predicted molar refractivity (Wildman–Crippen MR) is 43.5 cm³/mol. The van der Waals surface area contributed by atoms with Crippen molar-refractivity contribution in [3.05, 3.63) is 0 Å². The number of Topliss-reactive ketones (excluding diaryl/α,β-unsaturated/α-hetero) is 1. The first kappa shape index (κ1) is 9.64. The number of hydrogen-bond donors (Lipinski definition) is 0. The second-order valence-corrected chi connectivity index (χ2v) is 7.02. The summed E-state index contributed by atoms with van der Waals surface area (Å²) in [5.74, 6) is -1.16. The highest BCUT2D eigenvalue weighted by molar-refractivity contribution is 14.2. The Morgan fingerprint density at radius 2 is 2.00 bits per heavy atom. The fraction of sp³-hybridized carbons (Fsp3) is 0.667. The van der Waals surface area contributed by atoms with Crippen LogP contribution in [0.2, 0.25) is 0 Å². The van der Waals surface area contributed by atoms with E-state index in [0.29, 0.717) is 0 Å². The van der Waals surface area contributed by atoms with Crippen LogP contribution in [0.1, 0.15) is 0 Å². The fourth-order valence-corrected chi connectivity index (χ4v) is 1.97. The Labute approximate surface area is 70.3 Å². The molecular formula is C3H4ClIO3S. The minimum absolute atomic E-state index is 0.234. The highest BCUT2D eigenvalue weighted by Crippen LogP contribution is 2.01. The van der Waals surface area contributed by atoms with Gasteiger partial charge in [-0.25, -0.2) is 8.42 Å². The second-order valence-electron chi connectivity index (χ2n) is 1.36. The van der Waals surface area contributed by atoms with Crippen molar-refractivity contribution in [1.29, 1.82) is 0 Å². The minimum Gasteiger partial charge on any atom is -0.297 e.